The lowest BCUT2D eigenvalue weighted by Gasteiger charge is -2.39. The van der Waals surface area contributed by atoms with Gasteiger partial charge in [0.1, 0.15) is 6.54 Å². The van der Waals surface area contributed by atoms with Gasteiger partial charge in [-0.15, -0.1) is 0 Å². The molecule has 0 spiro atoms. The van der Waals surface area contributed by atoms with Crippen LogP contribution in [0.15, 0.2) is 47.5 Å². The van der Waals surface area contributed by atoms with Crippen molar-refractivity contribution in [2.75, 3.05) is 32.8 Å². The van der Waals surface area contributed by atoms with Crippen molar-refractivity contribution in [1.29, 1.82) is 0 Å². The maximum Gasteiger partial charge on any atom is 0.416 e. The van der Waals surface area contributed by atoms with Gasteiger partial charge in [-0.2, -0.15) is 18.3 Å². The summed E-state index contributed by atoms with van der Waals surface area (Å²) in [6.07, 6.45) is -2.86. The van der Waals surface area contributed by atoms with Gasteiger partial charge in [-0.1, -0.05) is 23.7 Å². The predicted octanol–water partition coefficient (Wildman–Crippen LogP) is 3.98. The van der Waals surface area contributed by atoms with Crippen LogP contribution in [0.1, 0.15) is 16.7 Å². The van der Waals surface area contributed by atoms with Gasteiger partial charge < -0.3 is 15.1 Å². The first-order valence-corrected chi connectivity index (χ1v) is 14.0. The zero-order valence-electron chi connectivity index (χ0n) is 22.1. The van der Waals surface area contributed by atoms with Crippen molar-refractivity contribution in [3.05, 3.63) is 69.2 Å². The lowest BCUT2D eigenvalue weighted by atomic mass is 10.1. The molecule has 11 nitrogen and oxygen atoms in total. The zero-order chi connectivity index (χ0) is 31.1. The number of alkyl halides is 3. The van der Waals surface area contributed by atoms with Crippen molar-refractivity contribution in [2.24, 2.45) is 0 Å². The number of fused-ring (bicyclic) bond motifs is 1. The van der Waals surface area contributed by atoms with Crippen LogP contribution in [0.2, 0.25) is 5.02 Å². The van der Waals surface area contributed by atoms with Crippen molar-refractivity contribution in [1.82, 2.24) is 24.5 Å². The van der Waals surface area contributed by atoms with Crippen LogP contribution in [-0.4, -0.2) is 96.7 Å². The molecule has 3 aromatic rings. The van der Waals surface area contributed by atoms with Gasteiger partial charge in [-0.25, -0.2) is 4.79 Å². The standard InChI is InChI=1S/C27H23ClF3N5O6S/c28-18-3-2-16(20(9-18)27(29,30)31)11-36-21-4-1-15(7-17(21)10-32-36)8-22-24(39)35(26(42)43-22)13-23(38)33-5-6-34(25(40)41)19(12-33)14-37/h1-4,7-10,19,37H,5-6,11-14H2,(H,40,41)/b22-8-/t19-/m1/s1. The fraction of sp³-hybridized carbons (Fsp3) is 0.296. The highest BCUT2D eigenvalue weighted by Crippen LogP contribution is 2.35. The van der Waals surface area contributed by atoms with E-state index in [-0.39, 0.29) is 41.7 Å². The minimum atomic E-state index is -4.60. The number of rotatable bonds is 6. The third-order valence-electron chi connectivity index (χ3n) is 7.12. The SMILES string of the molecule is O=C(CN1C(=O)S/C(=C\c2ccc3c(cnn3Cc3ccc(Cl)cc3C(F)(F)F)c2)C1=O)N1CCN(C(=O)O)[C@@H](CO)C1. The minimum absolute atomic E-state index is 0.00940. The van der Waals surface area contributed by atoms with E-state index < -0.39 is 54.1 Å². The van der Waals surface area contributed by atoms with Crippen molar-refractivity contribution < 1.29 is 42.6 Å². The van der Waals surface area contributed by atoms with E-state index in [1.165, 1.54) is 34.0 Å². The van der Waals surface area contributed by atoms with Gasteiger partial charge in [0.15, 0.2) is 0 Å². The molecule has 2 aliphatic heterocycles. The Morgan fingerprint density at radius 1 is 1.14 bits per heavy atom. The van der Waals surface area contributed by atoms with E-state index in [9.17, 15) is 42.6 Å². The van der Waals surface area contributed by atoms with Crippen LogP contribution in [0.4, 0.5) is 22.8 Å². The van der Waals surface area contributed by atoms with E-state index in [2.05, 4.69) is 5.10 Å². The van der Waals surface area contributed by atoms with E-state index >= 15 is 0 Å². The second-order valence-corrected chi connectivity index (χ2v) is 11.3. The van der Waals surface area contributed by atoms with Crippen LogP contribution in [0.3, 0.4) is 0 Å². The van der Waals surface area contributed by atoms with E-state index in [1.54, 1.807) is 18.2 Å². The molecule has 16 heteroatoms. The summed E-state index contributed by atoms with van der Waals surface area (Å²) in [6, 6.07) is 7.66. The molecule has 2 N–H and O–H groups in total. The predicted molar refractivity (Wildman–Crippen MR) is 150 cm³/mol. The van der Waals surface area contributed by atoms with E-state index in [1.807, 2.05) is 0 Å². The summed E-state index contributed by atoms with van der Waals surface area (Å²) >= 11 is 6.43. The van der Waals surface area contributed by atoms with Gasteiger partial charge in [0.05, 0.1) is 41.4 Å². The fourth-order valence-electron chi connectivity index (χ4n) is 4.95. The molecular weight excluding hydrogens is 615 g/mol. The largest absolute Gasteiger partial charge is 0.465 e. The number of benzene rings is 2. The molecule has 4 amide bonds. The number of imide groups is 1. The van der Waals surface area contributed by atoms with Crippen LogP contribution in [0, 0.1) is 0 Å². The number of carboxylic acid groups (broad SMARTS) is 1. The van der Waals surface area contributed by atoms with Crippen molar-refractivity contribution in [3.63, 3.8) is 0 Å². The average molecular weight is 638 g/mol. The summed E-state index contributed by atoms with van der Waals surface area (Å²) in [5, 5.41) is 22.9. The van der Waals surface area contributed by atoms with E-state index in [0.29, 0.717) is 28.2 Å². The Bertz CT molecular complexity index is 1660. The number of halogens is 4. The van der Waals surface area contributed by atoms with Crippen molar-refractivity contribution >= 4 is 63.5 Å². The molecule has 43 heavy (non-hydrogen) atoms. The third-order valence-corrected chi connectivity index (χ3v) is 8.26. The summed E-state index contributed by atoms with van der Waals surface area (Å²) in [6.45, 7) is -1.22. The number of nitrogens with zero attached hydrogens (tertiary/aromatic N) is 5. The van der Waals surface area contributed by atoms with Crippen LogP contribution in [-0.2, 0) is 22.3 Å². The molecule has 0 saturated carbocycles. The monoisotopic (exact) mass is 637 g/mol. The zero-order valence-corrected chi connectivity index (χ0v) is 23.7. The molecule has 0 bridgehead atoms. The van der Waals surface area contributed by atoms with Gasteiger partial charge in [-0.3, -0.25) is 28.9 Å². The topological polar surface area (TPSA) is 136 Å². The number of hydrogen-bond donors (Lipinski definition) is 2. The quantitative estimate of drug-likeness (QED) is 0.388. The normalized spacial score (nSPS) is 18.8. The van der Waals surface area contributed by atoms with Crippen LogP contribution < -0.4 is 0 Å². The Morgan fingerprint density at radius 2 is 1.91 bits per heavy atom. The first-order valence-electron chi connectivity index (χ1n) is 12.8. The second-order valence-electron chi connectivity index (χ2n) is 9.84. The number of aliphatic hydroxyl groups is 1. The fourth-order valence-corrected chi connectivity index (χ4v) is 5.96. The molecule has 226 valence electrons. The number of aliphatic hydroxyl groups excluding tert-OH is 1. The maximum absolute atomic E-state index is 13.5. The Balaban J connectivity index is 1.29. The van der Waals surface area contributed by atoms with Gasteiger partial charge >= 0.3 is 12.3 Å². The highest BCUT2D eigenvalue weighted by Gasteiger charge is 2.39. The molecule has 1 atom stereocenters. The Morgan fingerprint density at radius 3 is 2.60 bits per heavy atom. The number of hydrogen-bond acceptors (Lipinski definition) is 7. The lowest BCUT2D eigenvalue weighted by Crippen LogP contribution is -2.58. The molecule has 2 aliphatic rings. The van der Waals surface area contributed by atoms with Crippen molar-refractivity contribution in [3.8, 4) is 0 Å². The number of carbonyl (C=O) groups is 4. The van der Waals surface area contributed by atoms with Gasteiger partial charge in [0.2, 0.25) is 5.91 Å². The highest BCUT2D eigenvalue weighted by atomic mass is 35.5. The first kappa shape index (κ1) is 30.4. The third kappa shape index (κ3) is 6.33. The smallest absolute Gasteiger partial charge is 0.416 e. The summed E-state index contributed by atoms with van der Waals surface area (Å²) in [5.74, 6) is -1.24. The molecule has 2 saturated heterocycles. The lowest BCUT2D eigenvalue weighted by molar-refractivity contribution is -0.138. The summed E-state index contributed by atoms with van der Waals surface area (Å²) in [4.78, 5) is 53.0. The van der Waals surface area contributed by atoms with Crippen molar-refractivity contribution in [2.45, 2.75) is 18.8 Å². The van der Waals surface area contributed by atoms with Gasteiger partial charge in [-0.05, 0) is 53.2 Å². The molecule has 3 heterocycles. The van der Waals surface area contributed by atoms with Crippen LogP contribution >= 0.6 is 23.4 Å². The molecule has 0 radical (unpaired) electrons. The molecule has 1 aromatic heterocycles. The summed E-state index contributed by atoms with van der Waals surface area (Å²) in [7, 11) is 0. The molecule has 0 unspecified atom stereocenters. The van der Waals surface area contributed by atoms with Crippen LogP contribution in [0.25, 0.3) is 17.0 Å². The Hall–Kier alpha value is -4.08. The average Bonchev–Trinajstić information content (AvgIpc) is 3.47. The molecule has 2 aromatic carbocycles. The minimum Gasteiger partial charge on any atom is -0.465 e. The molecular formula is C27H23ClF3N5O6S. The number of amides is 4. The number of aromatic nitrogens is 2. The molecule has 5 rings (SSSR count). The number of piperazine rings is 1. The van der Waals surface area contributed by atoms with Gasteiger partial charge in [0.25, 0.3) is 11.1 Å². The summed E-state index contributed by atoms with van der Waals surface area (Å²) in [5.41, 5.74) is 0.208. The Labute approximate surface area is 251 Å². The second kappa shape index (κ2) is 11.9. The highest BCUT2D eigenvalue weighted by molar-refractivity contribution is 8.18. The summed E-state index contributed by atoms with van der Waals surface area (Å²) < 4.78 is 42.0. The molecule has 2 fully saturated rings. The van der Waals surface area contributed by atoms with Crippen LogP contribution in [0.5, 0.6) is 0 Å². The van der Waals surface area contributed by atoms with Gasteiger partial charge in [0, 0.05) is 30.0 Å². The maximum atomic E-state index is 13.5. The van der Waals surface area contributed by atoms with E-state index in [4.69, 9.17) is 11.6 Å². The molecule has 0 aliphatic carbocycles. The number of carbonyl (C=O) groups excluding carboxylic acids is 3. The van der Waals surface area contributed by atoms with E-state index in [0.717, 1.165) is 15.9 Å². The Kier molecular flexibility index (Phi) is 8.40. The number of thioether (sulfide) groups is 1. The first-order chi connectivity index (χ1) is 20.3.